The number of esters is 1. The van der Waals surface area contributed by atoms with Gasteiger partial charge in [-0.2, -0.15) is 0 Å². The van der Waals surface area contributed by atoms with E-state index in [9.17, 15) is 9.59 Å². The molecule has 0 fully saturated rings. The van der Waals surface area contributed by atoms with Crippen LogP contribution < -0.4 is 10.1 Å². The molecule has 3 rings (SSSR count). The van der Waals surface area contributed by atoms with Gasteiger partial charge in [-0.25, -0.2) is 9.59 Å². The summed E-state index contributed by atoms with van der Waals surface area (Å²) in [6.45, 7) is 4.07. The van der Waals surface area contributed by atoms with Gasteiger partial charge in [0, 0.05) is 12.1 Å². The number of hydrogen-bond donors (Lipinski definition) is 1. The Kier molecular flexibility index (Phi) is 7.00. The Hall–Kier alpha value is -2.99. The highest BCUT2D eigenvalue weighted by Gasteiger charge is 2.37. The van der Waals surface area contributed by atoms with Gasteiger partial charge in [-0.1, -0.05) is 42.8 Å². The molecule has 1 aliphatic rings. The Bertz CT molecular complexity index is 973. The number of amides is 2. The number of urea groups is 1. The van der Waals surface area contributed by atoms with Gasteiger partial charge in [0.05, 0.1) is 23.9 Å². The number of likely N-dealkylation sites (N-methyl/N-ethyl adjacent to an activating group) is 1. The fourth-order valence-electron chi connectivity index (χ4n) is 3.32. The van der Waals surface area contributed by atoms with Gasteiger partial charge in [-0.05, 0) is 48.7 Å². The lowest BCUT2D eigenvalue weighted by Gasteiger charge is -2.34. The first-order valence-electron chi connectivity index (χ1n) is 9.86. The second kappa shape index (κ2) is 9.67. The van der Waals surface area contributed by atoms with Crippen molar-refractivity contribution in [2.75, 3.05) is 20.3 Å². The first kappa shape index (κ1) is 21.7. The second-order valence-electron chi connectivity index (χ2n) is 6.87. The quantitative estimate of drug-likeness (QED) is 0.659. The van der Waals surface area contributed by atoms with Gasteiger partial charge in [0.15, 0.2) is 0 Å². The largest absolute Gasteiger partial charge is 0.487 e. The SMILES string of the molecule is CCOC(=O)C1=C(COc2cccc(CC)c2)N(C)C(=O)N[C@@H]1c1cccc(Cl)c1. The van der Waals surface area contributed by atoms with Gasteiger partial charge in [0.2, 0.25) is 0 Å². The summed E-state index contributed by atoms with van der Waals surface area (Å²) in [5.74, 6) is 0.166. The van der Waals surface area contributed by atoms with Crippen LogP contribution in [0.25, 0.3) is 0 Å². The topological polar surface area (TPSA) is 67.9 Å². The van der Waals surface area contributed by atoms with E-state index < -0.39 is 12.0 Å². The second-order valence-corrected chi connectivity index (χ2v) is 7.30. The molecular weight excluding hydrogens is 404 g/mol. The molecular formula is C23H25ClN2O4. The van der Waals surface area contributed by atoms with E-state index in [4.69, 9.17) is 21.1 Å². The Morgan fingerprint density at radius 3 is 2.63 bits per heavy atom. The molecule has 2 amide bonds. The predicted molar refractivity (Wildman–Crippen MR) is 115 cm³/mol. The highest BCUT2D eigenvalue weighted by molar-refractivity contribution is 6.30. The number of hydrogen-bond acceptors (Lipinski definition) is 4. The molecule has 2 aromatic carbocycles. The smallest absolute Gasteiger partial charge is 0.338 e. The molecule has 0 saturated heterocycles. The van der Waals surface area contributed by atoms with Crippen molar-refractivity contribution in [2.24, 2.45) is 0 Å². The minimum Gasteiger partial charge on any atom is -0.487 e. The number of aryl methyl sites for hydroxylation is 1. The van der Waals surface area contributed by atoms with Crippen molar-refractivity contribution in [2.45, 2.75) is 26.3 Å². The molecule has 0 unspecified atom stereocenters. The number of carbonyl (C=O) groups excluding carboxylic acids is 2. The molecule has 1 atom stereocenters. The highest BCUT2D eigenvalue weighted by Crippen LogP contribution is 2.32. The molecule has 2 aromatic rings. The van der Waals surface area contributed by atoms with Gasteiger partial charge in [-0.3, -0.25) is 4.90 Å². The van der Waals surface area contributed by atoms with Crippen molar-refractivity contribution in [1.29, 1.82) is 0 Å². The van der Waals surface area contributed by atoms with E-state index >= 15 is 0 Å². The number of halogens is 1. The zero-order chi connectivity index (χ0) is 21.7. The number of rotatable bonds is 7. The normalized spacial score (nSPS) is 16.3. The van der Waals surface area contributed by atoms with Crippen LogP contribution in [-0.4, -0.2) is 37.2 Å². The summed E-state index contributed by atoms with van der Waals surface area (Å²) >= 11 is 6.14. The fourth-order valence-corrected chi connectivity index (χ4v) is 3.52. The first-order valence-corrected chi connectivity index (χ1v) is 10.2. The van der Waals surface area contributed by atoms with Gasteiger partial charge in [0.1, 0.15) is 12.4 Å². The van der Waals surface area contributed by atoms with Gasteiger partial charge in [-0.15, -0.1) is 0 Å². The molecule has 0 aliphatic carbocycles. The van der Waals surface area contributed by atoms with Gasteiger partial charge >= 0.3 is 12.0 Å². The standard InChI is InChI=1S/C23H25ClN2O4/c1-4-15-8-6-11-18(12-15)30-14-19-20(22(27)29-5-2)21(25-23(28)26(19)3)16-9-7-10-17(24)13-16/h6-13,21H,4-5,14H2,1-3H3,(H,25,28)/t21-/m1/s1. The van der Waals surface area contributed by atoms with Crippen molar-refractivity contribution in [3.63, 3.8) is 0 Å². The molecule has 0 spiro atoms. The molecule has 30 heavy (non-hydrogen) atoms. The third-order valence-corrected chi connectivity index (χ3v) is 5.17. The average Bonchev–Trinajstić information content (AvgIpc) is 2.74. The summed E-state index contributed by atoms with van der Waals surface area (Å²) in [4.78, 5) is 26.9. The van der Waals surface area contributed by atoms with E-state index in [1.54, 1.807) is 32.2 Å². The van der Waals surface area contributed by atoms with E-state index in [2.05, 4.69) is 12.2 Å². The zero-order valence-corrected chi connectivity index (χ0v) is 18.0. The highest BCUT2D eigenvalue weighted by atomic mass is 35.5. The summed E-state index contributed by atoms with van der Waals surface area (Å²) in [7, 11) is 1.60. The molecule has 0 radical (unpaired) electrons. The third kappa shape index (κ3) is 4.76. The lowest BCUT2D eigenvalue weighted by Crippen LogP contribution is -2.48. The van der Waals surface area contributed by atoms with Crippen molar-refractivity contribution >= 4 is 23.6 Å². The van der Waals surface area contributed by atoms with Gasteiger partial charge < -0.3 is 14.8 Å². The number of nitrogens with zero attached hydrogens (tertiary/aromatic N) is 1. The molecule has 0 aromatic heterocycles. The van der Waals surface area contributed by atoms with E-state index in [0.29, 0.717) is 27.6 Å². The molecule has 0 bridgehead atoms. The lowest BCUT2D eigenvalue weighted by atomic mass is 9.95. The average molecular weight is 429 g/mol. The van der Waals surface area contributed by atoms with Crippen molar-refractivity contribution < 1.29 is 19.1 Å². The van der Waals surface area contributed by atoms with Crippen LogP contribution in [0.5, 0.6) is 5.75 Å². The molecule has 7 heteroatoms. The molecule has 1 aliphatic heterocycles. The van der Waals surface area contributed by atoms with E-state index in [1.807, 2.05) is 30.3 Å². The Morgan fingerprint density at radius 2 is 1.93 bits per heavy atom. The van der Waals surface area contributed by atoms with E-state index in [0.717, 1.165) is 12.0 Å². The van der Waals surface area contributed by atoms with E-state index in [1.165, 1.54) is 4.90 Å². The Balaban J connectivity index is 2.02. The lowest BCUT2D eigenvalue weighted by molar-refractivity contribution is -0.139. The summed E-state index contributed by atoms with van der Waals surface area (Å²) < 4.78 is 11.3. The van der Waals surface area contributed by atoms with Crippen LogP contribution in [0.4, 0.5) is 4.79 Å². The van der Waals surface area contributed by atoms with Crippen LogP contribution in [0, 0.1) is 0 Å². The monoisotopic (exact) mass is 428 g/mol. The van der Waals surface area contributed by atoms with Crippen LogP contribution >= 0.6 is 11.6 Å². The minimum atomic E-state index is -0.688. The van der Waals surface area contributed by atoms with Crippen LogP contribution in [0.1, 0.15) is 31.0 Å². The minimum absolute atomic E-state index is 0.0439. The fraction of sp³-hybridized carbons (Fsp3) is 0.304. The van der Waals surface area contributed by atoms with Crippen LogP contribution in [0.3, 0.4) is 0 Å². The van der Waals surface area contributed by atoms with Gasteiger partial charge in [0.25, 0.3) is 0 Å². The Labute approximate surface area is 181 Å². The number of benzene rings is 2. The summed E-state index contributed by atoms with van der Waals surface area (Å²) in [5, 5.41) is 3.37. The maximum Gasteiger partial charge on any atom is 0.338 e. The maximum absolute atomic E-state index is 12.9. The molecule has 1 N–H and O–H groups in total. The van der Waals surface area contributed by atoms with Crippen molar-refractivity contribution in [3.05, 3.63) is 76.0 Å². The van der Waals surface area contributed by atoms with Crippen molar-refractivity contribution in [3.8, 4) is 5.75 Å². The Morgan fingerprint density at radius 1 is 1.17 bits per heavy atom. The predicted octanol–water partition coefficient (Wildman–Crippen LogP) is 4.49. The van der Waals surface area contributed by atoms with Crippen LogP contribution in [0.2, 0.25) is 5.02 Å². The first-order chi connectivity index (χ1) is 14.4. The van der Waals surface area contributed by atoms with Crippen LogP contribution in [-0.2, 0) is 16.0 Å². The third-order valence-electron chi connectivity index (χ3n) is 4.94. The van der Waals surface area contributed by atoms with Crippen LogP contribution in [0.15, 0.2) is 59.8 Å². The molecule has 0 saturated carbocycles. The summed E-state index contributed by atoms with van der Waals surface area (Å²) in [6, 6.07) is 13.7. The number of nitrogens with one attached hydrogen (secondary N) is 1. The number of carbonyl (C=O) groups is 2. The number of ether oxygens (including phenoxy) is 2. The van der Waals surface area contributed by atoms with Crippen molar-refractivity contribution in [1.82, 2.24) is 10.2 Å². The maximum atomic E-state index is 12.9. The summed E-state index contributed by atoms with van der Waals surface area (Å²) in [5.41, 5.74) is 2.60. The molecule has 6 nitrogen and oxygen atoms in total. The molecule has 158 valence electrons. The zero-order valence-electron chi connectivity index (χ0n) is 17.3. The summed E-state index contributed by atoms with van der Waals surface area (Å²) in [6.07, 6.45) is 0.882. The molecule has 1 heterocycles. The van der Waals surface area contributed by atoms with E-state index in [-0.39, 0.29) is 19.2 Å².